The summed E-state index contributed by atoms with van der Waals surface area (Å²) < 4.78 is 37.0. The van der Waals surface area contributed by atoms with Crippen LogP contribution in [0.1, 0.15) is 37.6 Å². The number of rotatable bonds is 5. The third kappa shape index (κ3) is 3.58. The minimum absolute atomic E-state index is 0.137. The molecule has 23 heavy (non-hydrogen) atoms. The summed E-state index contributed by atoms with van der Waals surface area (Å²) in [6.07, 6.45) is 1.81. The molecule has 2 rings (SSSR count). The largest absolute Gasteiger partial charge is 0.469 e. The van der Waals surface area contributed by atoms with Crippen LogP contribution in [0.3, 0.4) is 0 Å². The molecule has 0 radical (unpaired) electrons. The van der Waals surface area contributed by atoms with Gasteiger partial charge in [-0.1, -0.05) is 18.5 Å². The zero-order valence-electron chi connectivity index (χ0n) is 14.0. The number of aromatic nitrogens is 1. The second-order valence-corrected chi connectivity index (χ2v) is 7.89. The Morgan fingerprint density at radius 3 is 2.61 bits per heavy atom. The van der Waals surface area contributed by atoms with Gasteiger partial charge in [-0.15, -0.1) is 0 Å². The first-order valence-corrected chi connectivity index (χ1v) is 9.25. The lowest BCUT2D eigenvalue weighted by atomic mass is 9.82. The van der Waals surface area contributed by atoms with Crippen LogP contribution in [0.15, 0.2) is 9.42 Å². The molecule has 0 N–H and O–H groups in total. The smallest absolute Gasteiger partial charge is 0.305 e. The average Bonchev–Trinajstić information content (AvgIpc) is 2.86. The fourth-order valence-corrected chi connectivity index (χ4v) is 5.07. The number of piperidine rings is 1. The predicted octanol–water partition coefficient (Wildman–Crippen LogP) is 1.89. The molecular formula is C15H24N2O5S. The third-order valence-corrected chi connectivity index (χ3v) is 6.71. The van der Waals surface area contributed by atoms with Gasteiger partial charge in [0.25, 0.3) is 0 Å². The molecule has 1 aromatic heterocycles. The molecule has 0 amide bonds. The molecule has 1 aromatic rings. The number of carbonyl (C=O) groups excluding carboxylic acids is 1. The highest BCUT2D eigenvalue weighted by Gasteiger charge is 2.38. The van der Waals surface area contributed by atoms with Gasteiger partial charge in [0, 0.05) is 19.5 Å². The van der Waals surface area contributed by atoms with Crippen LogP contribution in [0, 0.1) is 25.7 Å². The van der Waals surface area contributed by atoms with E-state index in [1.807, 2.05) is 6.92 Å². The van der Waals surface area contributed by atoms with Gasteiger partial charge in [0.05, 0.1) is 7.11 Å². The molecule has 1 aliphatic heterocycles. The molecule has 130 valence electrons. The number of nitrogens with zero attached hydrogens (tertiary/aromatic N) is 2. The molecule has 2 atom stereocenters. The van der Waals surface area contributed by atoms with Crippen LogP contribution >= 0.6 is 0 Å². The van der Waals surface area contributed by atoms with Gasteiger partial charge >= 0.3 is 5.97 Å². The summed E-state index contributed by atoms with van der Waals surface area (Å²) in [6, 6.07) is 0. The Kier molecular flexibility index (Phi) is 5.46. The summed E-state index contributed by atoms with van der Waals surface area (Å²) >= 11 is 0. The van der Waals surface area contributed by atoms with Crippen molar-refractivity contribution < 1.29 is 22.5 Å². The summed E-state index contributed by atoms with van der Waals surface area (Å²) in [5.74, 6) is 0.365. The van der Waals surface area contributed by atoms with E-state index in [9.17, 15) is 13.2 Å². The molecule has 0 saturated carbocycles. The standard InChI is InChI=1S/C15H24N2O5S/c1-5-12-9-17(7-6-13(12)8-14(18)21-4)23(19,20)15-10(2)16-22-11(15)3/h12-13H,5-9H2,1-4H3/t12-,13+/m1/s1. The van der Waals surface area contributed by atoms with Crippen molar-refractivity contribution in [2.75, 3.05) is 20.2 Å². The lowest BCUT2D eigenvalue weighted by Crippen LogP contribution is -2.44. The van der Waals surface area contributed by atoms with Crippen molar-refractivity contribution in [1.82, 2.24) is 9.46 Å². The Labute approximate surface area is 137 Å². The lowest BCUT2D eigenvalue weighted by Gasteiger charge is -2.37. The summed E-state index contributed by atoms with van der Waals surface area (Å²) in [5, 5.41) is 3.74. The van der Waals surface area contributed by atoms with Crippen LogP contribution in [0.2, 0.25) is 0 Å². The average molecular weight is 344 g/mol. The number of ether oxygens (including phenoxy) is 1. The number of methoxy groups -OCH3 is 1. The third-order valence-electron chi connectivity index (χ3n) is 4.60. The minimum atomic E-state index is -3.62. The lowest BCUT2D eigenvalue weighted by molar-refractivity contribution is -0.142. The molecular weight excluding hydrogens is 320 g/mol. The topological polar surface area (TPSA) is 89.7 Å². The van der Waals surface area contributed by atoms with Crippen molar-refractivity contribution in [1.29, 1.82) is 0 Å². The SMILES string of the molecule is CC[C@@H]1CN(S(=O)(=O)c2c(C)noc2C)CC[C@H]1CC(=O)OC. The number of hydrogen-bond acceptors (Lipinski definition) is 6. The van der Waals surface area contributed by atoms with Crippen molar-refractivity contribution in [2.45, 2.75) is 44.9 Å². The number of hydrogen-bond donors (Lipinski definition) is 0. The van der Waals surface area contributed by atoms with Gasteiger partial charge in [-0.3, -0.25) is 4.79 Å². The Balaban J connectivity index is 2.19. The Morgan fingerprint density at radius 1 is 1.39 bits per heavy atom. The normalized spacial score (nSPS) is 23.0. The van der Waals surface area contributed by atoms with Crippen molar-refractivity contribution in [3.8, 4) is 0 Å². The maximum absolute atomic E-state index is 12.9. The van der Waals surface area contributed by atoms with E-state index in [2.05, 4.69) is 5.16 Å². The van der Waals surface area contributed by atoms with E-state index >= 15 is 0 Å². The summed E-state index contributed by atoms with van der Waals surface area (Å²) in [6.45, 7) is 6.05. The quantitative estimate of drug-likeness (QED) is 0.758. The van der Waals surface area contributed by atoms with Gasteiger partial charge in [-0.05, 0) is 32.1 Å². The Morgan fingerprint density at radius 2 is 2.09 bits per heavy atom. The molecule has 1 aliphatic rings. The van der Waals surface area contributed by atoms with E-state index in [1.54, 1.807) is 13.8 Å². The van der Waals surface area contributed by atoms with Gasteiger partial charge in [-0.25, -0.2) is 8.42 Å². The minimum Gasteiger partial charge on any atom is -0.469 e. The van der Waals surface area contributed by atoms with E-state index in [0.29, 0.717) is 37.4 Å². The molecule has 8 heteroatoms. The first-order valence-electron chi connectivity index (χ1n) is 7.81. The molecule has 0 spiro atoms. The van der Waals surface area contributed by atoms with Gasteiger partial charge < -0.3 is 9.26 Å². The fourth-order valence-electron chi connectivity index (χ4n) is 3.27. The van der Waals surface area contributed by atoms with Crippen molar-refractivity contribution in [2.24, 2.45) is 11.8 Å². The first kappa shape index (κ1) is 17.9. The Bertz CT molecular complexity index is 648. The zero-order valence-corrected chi connectivity index (χ0v) is 14.9. The number of aryl methyl sites for hydroxylation is 2. The highest BCUT2D eigenvalue weighted by atomic mass is 32.2. The molecule has 0 unspecified atom stereocenters. The van der Waals surface area contributed by atoms with Crippen molar-refractivity contribution >= 4 is 16.0 Å². The summed E-state index contributed by atoms with van der Waals surface area (Å²) in [7, 11) is -2.24. The molecule has 1 saturated heterocycles. The number of sulfonamides is 1. The molecule has 2 heterocycles. The number of carbonyl (C=O) groups is 1. The predicted molar refractivity (Wildman–Crippen MR) is 83.3 cm³/mol. The van der Waals surface area contributed by atoms with Gasteiger partial charge in [0.1, 0.15) is 10.6 Å². The highest BCUT2D eigenvalue weighted by Crippen LogP contribution is 2.33. The molecule has 1 fully saturated rings. The van der Waals surface area contributed by atoms with Crippen LogP contribution in [0.25, 0.3) is 0 Å². The first-order chi connectivity index (χ1) is 10.8. The highest BCUT2D eigenvalue weighted by molar-refractivity contribution is 7.89. The second-order valence-electron chi connectivity index (χ2n) is 6.01. The Hall–Kier alpha value is -1.41. The van der Waals surface area contributed by atoms with E-state index in [1.165, 1.54) is 11.4 Å². The second kappa shape index (κ2) is 7.00. The maximum atomic E-state index is 12.9. The maximum Gasteiger partial charge on any atom is 0.305 e. The van der Waals surface area contributed by atoms with Gasteiger partial charge in [-0.2, -0.15) is 4.31 Å². The van der Waals surface area contributed by atoms with Crippen LogP contribution in [-0.2, 0) is 19.6 Å². The molecule has 0 bridgehead atoms. The fraction of sp³-hybridized carbons (Fsp3) is 0.733. The number of esters is 1. The van der Waals surface area contributed by atoms with Crippen LogP contribution in [0.5, 0.6) is 0 Å². The van der Waals surface area contributed by atoms with Crippen LogP contribution in [-0.4, -0.2) is 44.0 Å². The van der Waals surface area contributed by atoms with Crippen LogP contribution in [0.4, 0.5) is 0 Å². The van der Waals surface area contributed by atoms with Crippen LogP contribution < -0.4 is 0 Å². The summed E-state index contributed by atoms with van der Waals surface area (Å²) in [5.41, 5.74) is 0.382. The van der Waals surface area contributed by atoms with E-state index in [0.717, 1.165) is 6.42 Å². The van der Waals surface area contributed by atoms with Crippen molar-refractivity contribution in [3.05, 3.63) is 11.5 Å². The molecule has 0 aliphatic carbocycles. The summed E-state index contributed by atoms with van der Waals surface area (Å²) in [4.78, 5) is 11.7. The molecule has 0 aromatic carbocycles. The van der Waals surface area contributed by atoms with E-state index in [-0.39, 0.29) is 22.7 Å². The molecule has 7 nitrogen and oxygen atoms in total. The zero-order chi connectivity index (χ0) is 17.2. The van der Waals surface area contributed by atoms with Gasteiger partial charge in [0.15, 0.2) is 5.76 Å². The van der Waals surface area contributed by atoms with Gasteiger partial charge in [0.2, 0.25) is 10.0 Å². The van der Waals surface area contributed by atoms with E-state index in [4.69, 9.17) is 9.26 Å². The monoisotopic (exact) mass is 344 g/mol. The van der Waals surface area contributed by atoms with Crippen molar-refractivity contribution in [3.63, 3.8) is 0 Å². The van der Waals surface area contributed by atoms with E-state index < -0.39 is 10.0 Å².